The second kappa shape index (κ2) is 6.55. The number of aromatic amines is 1. The summed E-state index contributed by atoms with van der Waals surface area (Å²) >= 11 is 0. The smallest absolute Gasteiger partial charge is 0.197 e. The van der Waals surface area contributed by atoms with Crippen molar-refractivity contribution < 1.29 is 5.11 Å². The molecule has 3 aromatic heterocycles. The lowest BCUT2D eigenvalue weighted by atomic mass is 9.93. The van der Waals surface area contributed by atoms with Crippen molar-refractivity contribution in [2.75, 3.05) is 0 Å². The topological polar surface area (TPSA) is 105 Å². The van der Waals surface area contributed by atoms with E-state index in [2.05, 4.69) is 29.7 Å². The van der Waals surface area contributed by atoms with Crippen LogP contribution in [-0.4, -0.2) is 45.9 Å². The first-order valence-electron chi connectivity index (χ1n) is 9.12. The van der Waals surface area contributed by atoms with Crippen molar-refractivity contribution in [2.45, 2.75) is 37.8 Å². The van der Waals surface area contributed by atoms with Gasteiger partial charge in [-0.3, -0.25) is 5.10 Å². The van der Waals surface area contributed by atoms with Gasteiger partial charge >= 0.3 is 0 Å². The summed E-state index contributed by atoms with van der Waals surface area (Å²) < 4.78 is 2.11. The van der Waals surface area contributed by atoms with E-state index in [4.69, 9.17) is 4.98 Å². The molecule has 0 atom stereocenters. The molecule has 136 valence electrons. The van der Waals surface area contributed by atoms with Crippen LogP contribution in [0, 0.1) is 0 Å². The summed E-state index contributed by atoms with van der Waals surface area (Å²) in [5.74, 6) is 0.667. The molecule has 0 amide bonds. The highest BCUT2D eigenvalue weighted by Gasteiger charge is 2.23. The number of fused-ring (bicyclic) bond motifs is 1. The molecule has 5 rings (SSSR count). The van der Waals surface area contributed by atoms with Crippen LogP contribution in [-0.2, 0) is 0 Å². The Kier molecular flexibility index (Phi) is 3.90. The fourth-order valence-corrected chi connectivity index (χ4v) is 3.69. The molecule has 1 saturated carbocycles. The number of hydrogen-bond donors (Lipinski definition) is 2. The summed E-state index contributed by atoms with van der Waals surface area (Å²) in [4.78, 5) is 17.9. The van der Waals surface area contributed by atoms with Gasteiger partial charge in [0, 0.05) is 17.2 Å². The van der Waals surface area contributed by atoms with E-state index < -0.39 is 0 Å². The summed E-state index contributed by atoms with van der Waals surface area (Å²) in [6, 6.07) is 8.27. The van der Waals surface area contributed by atoms with Crippen LogP contribution in [0.3, 0.4) is 0 Å². The van der Waals surface area contributed by atoms with E-state index in [-0.39, 0.29) is 6.10 Å². The highest BCUT2D eigenvalue weighted by Crippen LogP contribution is 2.31. The van der Waals surface area contributed by atoms with Crippen LogP contribution >= 0.6 is 0 Å². The average Bonchev–Trinajstić information content (AvgIpc) is 3.38. The van der Waals surface area contributed by atoms with Gasteiger partial charge in [-0.2, -0.15) is 5.10 Å². The number of rotatable bonds is 3. The number of hydrogen-bond acceptors (Lipinski definition) is 6. The van der Waals surface area contributed by atoms with Gasteiger partial charge in [-0.05, 0) is 25.7 Å². The number of nitrogens with zero attached hydrogens (tertiary/aromatic N) is 6. The zero-order chi connectivity index (χ0) is 18.2. The van der Waals surface area contributed by atoms with Crippen molar-refractivity contribution >= 4 is 11.3 Å². The Morgan fingerprint density at radius 2 is 1.74 bits per heavy atom. The molecule has 0 bridgehead atoms. The molecule has 4 aromatic rings. The van der Waals surface area contributed by atoms with Crippen LogP contribution in [0.1, 0.15) is 31.7 Å². The maximum atomic E-state index is 9.76. The Bertz CT molecular complexity index is 1050. The van der Waals surface area contributed by atoms with E-state index in [9.17, 15) is 5.11 Å². The van der Waals surface area contributed by atoms with Gasteiger partial charge in [-0.1, -0.05) is 24.3 Å². The number of aliphatic hydroxyl groups is 1. The predicted octanol–water partition coefficient (Wildman–Crippen LogP) is 2.75. The predicted molar refractivity (Wildman–Crippen MR) is 99.6 cm³/mol. The van der Waals surface area contributed by atoms with Crippen molar-refractivity contribution in [2.24, 2.45) is 0 Å². The largest absolute Gasteiger partial charge is 0.393 e. The molecule has 8 heteroatoms. The Balaban J connectivity index is 1.48. The third kappa shape index (κ3) is 2.97. The molecule has 1 aliphatic carbocycles. The molecule has 1 aromatic carbocycles. The van der Waals surface area contributed by atoms with E-state index >= 15 is 0 Å². The first-order chi connectivity index (χ1) is 13.3. The highest BCUT2D eigenvalue weighted by molar-refractivity contribution is 5.72. The molecule has 0 unspecified atom stereocenters. The van der Waals surface area contributed by atoms with Crippen molar-refractivity contribution in [3.05, 3.63) is 43.1 Å². The Labute approximate surface area is 155 Å². The first kappa shape index (κ1) is 16.1. The first-order valence-corrected chi connectivity index (χ1v) is 9.12. The van der Waals surface area contributed by atoms with Gasteiger partial charge in [0.25, 0.3) is 0 Å². The minimum absolute atomic E-state index is 0.180. The number of H-pyrrole nitrogens is 1. The van der Waals surface area contributed by atoms with Crippen LogP contribution in [0.5, 0.6) is 0 Å². The highest BCUT2D eigenvalue weighted by atomic mass is 16.3. The minimum atomic E-state index is -0.180. The molecule has 3 heterocycles. The molecule has 1 fully saturated rings. The molecule has 0 radical (unpaired) electrons. The molecule has 27 heavy (non-hydrogen) atoms. The quantitative estimate of drug-likeness (QED) is 0.581. The molecule has 0 aliphatic heterocycles. The number of aromatic nitrogens is 7. The lowest BCUT2D eigenvalue weighted by Gasteiger charge is -2.26. The van der Waals surface area contributed by atoms with Crippen molar-refractivity contribution in [1.29, 1.82) is 0 Å². The lowest BCUT2D eigenvalue weighted by Crippen LogP contribution is -2.20. The van der Waals surface area contributed by atoms with Gasteiger partial charge < -0.3 is 9.67 Å². The summed E-state index contributed by atoms with van der Waals surface area (Å²) in [6.07, 6.45) is 8.47. The van der Waals surface area contributed by atoms with Crippen molar-refractivity contribution in [1.82, 2.24) is 34.7 Å². The standard InChI is InChI=1S/C19H19N7O/c27-15-7-5-14(6-8-15)26-11-22-18-19(26)24-16(9-20-18)12-1-3-13(4-2-12)17-21-10-23-25-17/h1-4,9-11,14-15,27H,5-8H2,(H,21,23,25)/t14-,15-. The summed E-state index contributed by atoms with van der Waals surface area (Å²) in [6.45, 7) is 0. The van der Waals surface area contributed by atoms with Gasteiger partial charge in [0.15, 0.2) is 17.1 Å². The van der Waals surface area contributed by atoms with Crippen molar-refractivity contribution in [3.8, 4) is 22.6 Å². The second-order valence-electron chi connectivity index (χ2n) is 6.92. The SMILES string of the molecule is O[C@H]1CC[C@H](n2cnc3ncc(-c4ccc(-c5nc[nH]n5)cc4)nc32)CC1. The Morgan fingerprint density at radius 1 is 0.963 bits per heavy atom. The monoisotopic (exact) mass is 361 g/mol. The maximum Gasteiger partial charge on any atom is 0.197 e. The van der Waals surface area contributed by atoms with E-state index in [0.29, 0.717) is 17.5 Å². The lowest BCUT2D eigenvalue weighted by molar-refractivity contribution is 0.111. The molecular weight excluding hydrogens is 342 g/mol. The normalized spacial score (nSPS) is 20.2. The Hall–Kier alpha value is -3.13. The molecule has 0 saturated heterocycles. The average molecular weight is 361 g/mol. The van der Waals surface area contributed by atoms with Crippen LogP contribution < -0.4 is 0 Å². The van der Waals surface area contributed by atoms with Crippen LogP contribution in [0.15, 0.2) is 43.1 Å². The Morgan fingerprint density at radius 3 is 2.48 bits per heavy atom. The fraction of sp³-hybridized carbons (Fsp3) is 0.316. The van der Waals surface area contributed by atoms with E-state index in [1.807, 2.05) is 30.6 Å². The third-order valence-electron chi connectivity index (χ3n) is 5.20. The van der Waals surface area contributed by atoms with Crippen LogP contribution in [0.25, 0.3) is 33.9 Å². The molecule has 2 N–H and O–H groups in total. The van der Waals surface area contributed by atoms with Crippen LogP contribution in [0.4, 0.5) is 0 Å². The van der Waals surface area contributed by atoms with E-state index in [1.54, 1.807) is 12.5 Å². The fourth-order valence-electron chi connectivity index (χ4n) is 3.69. The van der Waals surface area contributed by atoms with E-state index in [0.717, 1.165) is 48.2 Å². The zero-order valence-corrected chi connectivity index (χ0v) is 14.7. The third-order valence-corrected chi connectivity index (χ3v) is 5.20. The second-order valence-corrected chi connectivity index (χ2v) is 6.92. The maximum absolute atomic E-state index is 9.76. The minimum Gasteiger partial charge on any atom is -0.393 e. The number of nitrogens with one attached hydrogen (secondary N) is 1. The number of aliphatic hydroxyl groups excluding tert-OH is 1. The van der Waals surface area contributed by atoms with Gasteiger partial charge in [-0.25, -0.2) is 19.9 Å². The van der Waals surface area contributed by atoms with Crippen LogP contribution in [0.2, 0.25) is 0 Å². The van der Waals surface area contributed by atoms with Gasteiger partial charge in [0.2, 0.25) is 0 Å². The molecular formula is C19H19N7O. The molecule has 0 spiro atoms. The number of benzene rings is 1. The number of imidazole rings is 1. The van der Waals surface area contributed by atoms with Crippen molar-refractivity contribution in [3.63, 3.8) is 0 Å². The van der Waals surface area contributed by atoms with Gasteiger partial charge in [0.1, 0.15) is 6.33 Å². The van der Waals surface area contributed by atoms with Gasteiger partial charge in [0.05, 0.1) is 24.3 Å². The van der Waals surface area contributed by atoms with Gasteiger partial charge in [-0.15, -0.1) is 0 Å². The summed E-state index contributed by atoms with van der Waals surface area (Å²) in [5, 5.41) is 16.6. The molecule has 8 nitrogen and oxygen atoms in total. The summed E-state index contributed by atoms with van der Waals surface area (Å²) in [5.41, 5.74) is 4.19. The molecule has 1 aliphatic rings. The summed E-state index contributed by atoms with van der Waals surface area (Å²) in [7, 11) is 0. The zero-order valence-electron chi connectivity index (χ0n) is 14.7. The van der Waals surface area contributed by atoms with E-state index in [1.165, 1.54) is 0 Å².